The van der Waals surface area contributed by atoms with E-state index in [-0.39, 0.29) is 31.0 Å². The molecule has 2 N–H and O–H groups in total. The van der Waals surface area contributed by atoms with E-state index in [0.717, 1.165) is 37.2 Å². The summed E-state index contributed by atoms with van der Waals surface area (Å²) < 4.78 is 5.58. The number of hydrogen-bond acceptors (Lipinski definition) is 3. The highest BCUT2D eigenvalue weighted by Crippen LogP contribution is 2.19. The lowest BCUT2D eigenvalue weighted by Crippen LogP contribution is -2.46. The summed E-state index contributed by atoms with van der Waals surface area (Å²) in [5.41, 5.74) is 7.07. The normalized spacial score (nSPS) is 19.6. The van der Waals surface area contributed by atoms with Gasteiger partial charge >= 0.3 is 0 Å². The van der Waals surface area contributed by atoms with Crippen LogP contribution in [0.15, 0.2) is 24.3 Å². The molecule has 21 heavy (non-hydrogen) atoms. The van der Waals surface area contributed by atoms with Gasteiger partial charge in [0, 0.05) is 19.1 Å². The molecule has 0 bridgehead atoms. The summed E-state index contributed by atoms with van der Waals surface area (Å²) >= 11 is 0. The summed E-state index contributed by atoms with van der Waals surface area (Å²) in [5.74, 6) is 1.21. The van der Waals surface area contributed by atoms with Crippen LogP contribution in [0.5, 0.6) is 5.75 Å². The molecule has 1 fully saturated rings. The number of nitrogens with two attached hydrogens (primary N) is 1. The van der Waals surface area contributed by atoms with Crippen molar-refractivity contribution in [3.63, 3.8) is 0 Å². The number of benzene rings is 1. The number of aryl methyl sites for hydroxylation is 1. The third kappa shape index (κ3) is 5.21. The maximum absolute atomic E-state index is 12.2. The number of likely N-dealkylation sites (tertiary alicyclic amines) is 1. The van der Waals surface area contributed by atoms with Gasteiger partial charge in [-0.15, -0.1) is 12.4 Å². The Hall–Kier alpha value is -1.26. The Bertz CT molecular complexity index is 465. The van der Waals surface area contributed by atoms with E-state index in [2.05, 4.69) is 0 Å². The van der Waals surface area contributed by atoms with Gasteiger partial charge in [-0.25, -0.2) is 0 Å². The first kappa shape index (κ1) is 17.8. The first-order valence-corrected chi connectivity index (χ1v) is 7.29. The molecule has 1 aromatic rings. The molecule has 0 radical (unpaired) electrons. The lowest BCUT2D eigenvalue weighted by Gasteiger charge is -2.34. The highest BCUT2D eigenvalue weighted by Gasteiger charge is 2.25. The maximum Gasteiger partial charge on any atom is 0.260 e. The van der Waals surface area contributed by atoms with Gasteiger partial charge in [0.1, 0.15) is 5.75 Å². The second-order valence-electron chi connectivity index (χ2n) is 5.71. The predicted octanol–water partition coefficient (Wildman–Crippen LogP) is 2.38. The van der Waals surface area contributed by atoms with Crippen molar-refractivity contribution < 1.29 is 9.53 Å². The lowest BCUT2D eigenvalue weighted by atomic mass is 9.92. The van der Waals surface area contributed by atoms with Gasteiger partial charge in [0.2, 0.25) is 0 Å². The van der Waals surface area contributed by atoms with E-state index in [4.69, 9.17) is 10.5 Å². The van der Waals surface area contributed by atoms with Crippen LogP contribution in [0.1, 0.15) is 25.3 Å². The zero-order valence-corrected chi connectivity index (χ0v) is 13.6. The molecule has 5 heteroatoms. The van der Waals surface area contributed by atoms with E-state index in [1.807, 2.05) is 43.0 Å². The summed E-state index contributed by atoms with van der Waals surface area (Å²) in [6, 6.07) is 7.90. The Morgan fingerprint density at radius 3 is 2.95 bits per heavy atom. The number of ether oxygens (including phenoxy) is 1. The van der Waals surface area contributed by atoms with E-state index < -0.39 is 0 Å². The molecular formula is C16H25ClN2O2. The number of halogens is 1. The number of carbonyl (C=O) groups is 1. The number of nitrogens with zero attached hydrogens (tertiary/aromatic N) is 1. The second-order valence-corrected chi connectivity index (χ2v) is 5.71. The number of rotatable bonds is 4. The van der Waals surface area contributed by atoms with E-state index in [9.17, 15) is 4.79 Å². The van der Waals surface area contributed by atoms with Crippen molar-refractivity contribution in [1.82, 2.24) is 4.90 Å². The van der Waals surface area contributed by atoms with Crippen LogP contribution in [-0.2, 0) is 4.79 Å². The topological polar surface area (TPSA) is 55.6 Å². The molecule has 1 aliphatic rings. The second kappa shape index (κ2) is 8.25. The number of piperidine rings is 1. The summed E-state index contributed by atoms with van der Waals surface area (Å²) in [6.45, 7) is 5.70. The minimum absolute atomic E-state index is 0. The van der Waals surface area contributed by atoms with Crippen LogP contribution in [0.4, 0.5) is 0 Å². The largest absolute Gasteiger partial charge is 0.484 e. The fraction of sp³-hybridized carbons (Fsp3) is 0.562. The van der Waals surface area contributed by atoms with Crippen molar-refractivity contribution >= 4 is 18.3 Å². The Balaban J connectivity index is 0.00000220. The van der Waals surface area contributed by atoms with E-state index in [0.29, 0.717) is 5.92 Å². The Morgan fingerprint density at radius 1 is 1.52 bits per heavy atom. The van der Waals surface area contributed by atoms with Crippen LogP contribution in [0.2, 0.25) is 0 Å². The maximum atomic E-state index is 12.2. The van der Waals surface area contributed by atoms with Crippen molar-refractivity contribution in [1.29, 1.82) is 0 Å². The van der Waals surface area contributed by atoms with Gasteiger partial charge in [0.25, 0.3) is 5.91 Å². The summed E-state index contributed by atoms with van der Waals surface area (Å²) in [6.07, 6.45) is 2.14. The highest BCUT2D eigenvalue weighted by molar-refractivity contribution is 5.85. The predicted molar refractivity (Wildman–Crippen MR) is 86.9 cm³/mol. The third-order valence-corrected chi connectivity index (χ3v) is 3.91. The first-order chi connectivity index (χ1) is 9.56. The molecule has 2 unspecified atom stereocenters. The molecule has 118 valence electrons. The van der Waals surface area contributed by atoms with Gasteiger partial charge in [0.05, 0.1) is 0 Å². The number of carbonyl (C=O) groups excluding carboxylic acids is 1. The molecule has 1 heterocycles. The molecule has 0 aliphatic carbocycles. The monoisotopic (exact) mass is 312 g/mol. The standard InChI is InChI=1S/C16H24N2O2.ClH/c1-12-5-3-7-15(9-12)20-11-16(19)18-8-4-6-14(10-18)13(2)17;/h3,5,7,9,13-14H,4,6,8,10-11,17H2,1-2H3;1H. The van der Waals surface area contributed by atoms with Crippen molar-refractivity contribution in [2.45, 2.75) is 32.7 Å². The van der Waals surface area contributed by atoms with Crippen LogP contribution in [0.3, 0.4) is 0 Å². The van der Waals surface area contributed by atoms with Gasteiger partial charge in [-0.1, -0.05) is 12.1 Å². The van der Waals surface area contributed by atoms with Crippen molar-refractivity contribution in [3.05, 3.63) is 29.8 Å². The van der Waals surface area contributed by atoms with Crippen LogP contribution in [0.25, 0.3) is 0 Å². The highest BCUT2D eigenvalue weighted by atomic mass is 35.5. The molecule has 0 aromatic heterocycles. The Kier molecular flexibility index (Phi) is 6.99. The fourth-order valence-electron chi connectivity index (χ4n) is 2.61. The van der Waals surface area contributed by atoms with Gasteiger partial charge in [-0.05, 0) is 50.3 Å². The van der Waals surface area contributed by atoms with E-state index in [1.54, 1.807) is 0 Å². The molecular weight excluding hydrogens is 288 g/mol. The van der Waals surface area contributed by atoms with Gasteiger partial charge in [0.15, 0.2) is 6.61 Å². The average Bonchev–Trinajstić information content (AvgIpc) is 2.45. The zero-order chi connectivity index (χ0) is 14.5. The molecule has 1 aliphatic heterocycles. The van der Waals surface area contributed by atoms with E-state index in [1.165, 1.54) is 0 Å². The summed E-state index contributed by atoms with van der Waals surface area (Å²) in [5, 5.41) is 0. The van der Waals surface area contributed by atoms with Crippen molar-refractivity contribution in [3.8, 4) is 5.75 Å². The van der Waals surface area contributed by atoms with Crippen LogP contribution in [0, 0.1) is 12.8 Å². The molecule has 2 rings (SSSR count). The third-order valence-electron chi connectivity index (χ3n) is 3.91. The number of amides is 1. The molecule has 0 saturated carbocycles. The fourth-order valence-corrected chi connectivity index (χ4v) is 2.61. The zero-order valence-electron chi connectivity index (χ0n) is 12.7. The van der Waals surface area contributed by atoms with E-state index >= 15 is 0 Å². The minimum atomic E-state index is 0. The lowest BCUT2D eigenvalue weighted by molar-refractivity contribution is -0.135. The summed E-state index contributed by atoms with van der Waals surface area (Å²) in [7, 11) is 0. The average molecular weight is 313 g/mol. The summed E-state index contributed by atoms with van der Waals surface area (Å²) in [4.78, 5) is 14.1. The number of hydrogen-bond donors (Lipinski definition) is 1. The molecule has 0 spiro atoms. The van der Waals surface area contributed by atoms with Gasteiger partial charge in [-0.2, -0.15) is 0 Å². The van der Waals surface area contributed by atoms with Crippen molar-refractivity contribution in [2.75, 3.05) is 19.7 Å². The van der Waals surface area contributed by atoms with Gasteiger partial charge < -0.3 is 15.4 Å². The first-order valence-electron chi connectivity index (χ1n) is 7.29. The van der Waals surface area contributed by atoms with Crippen molar-refractivity contribution in [2.24, 2.45) is 11.7 Å². The Labute approximate surface area is 133 Å². The van der Waals surface area contributed by atoms with Gasteiger partial charge in [-0.3, -0.25) is 4.79 Å². The Morgan fingerprint density at radius 2 is 2.29 bits per heavy atom. The SMILES string of the molecule is Cc1cccc(OCC(=O)N2CCCC(C(C)N)C2)c1.Cl. The molecule has 1 amide bonds. The molecule has 4 nitrogen and oxygen atoms in total. The van der Waals surface area contributed by atoms with Crippen LogP contribution >= 0.6 is 12.4 Å². The van der Waals surface area contributed by atoms with Crippen LogP contribution in [-0.4, -0.2) is 36.5 Å². The van der Waals surface area contributed by atoms with Crippen LogP contribution < -0.4 is 10.5 Å². The minimum Gasteiger partial charge on any atom is -0.484 e. The molecule has 1 aromatic carbocycles. The quantitative estimate of drug-likeness (QED) is 0.928. The smallest absolute Gasteiger partial charge is 0.260 e. The molecule has 2 atom stereocenters. The molecule has 1 saturated heterocycles.